The molecule has 0 bridgehead atoms. The fourth-order valence-corrected chi connectivity index (χ4v) is 2.73. The number of thiazole rings is 1. The maximum atomic E-state index is 6.08. The molecule has 1 aromatic carbocycles. The lowest BCUT2D eigenvalue weighted by atomic mass is 10.1. The first-order valence-corrected chi connectivity index (χ1v) is 6.87. The van der Waals surface area contributed by atoms with Gasteiger partial charge in [-0.05, 0) is 18.9 Å². The van der Waals surface area contributed by atoms with E-state index in [1.54, 1.807) is 11.3 Å². The van der Waals surface area contributed by atoms with E-state index >= 15 is 0 Å². The van der Waals surface area contributed by atoms with E-state index in [0.29, 0.717) is 0 Å². The highest BCUT2D eigenvalue weighted by Crippen LogP contribution is 2.28. The smallest absolute Gasteiger partial charge is 0.110 e. The van der Waals surface area contributed by atoms with Crippen molar-refractivity contribution in [2.24, 2.45) is 5.73 Å². The topological polar surface area (TPSA) is 38.9 Å². The van der Waals surface area contributed by atoms with Gasteiger partial charge in [0.1, 0.15) is 5.01 Å². The molecular weight excluding hydrogens is 228 g/mol. The first-order valence-electron chi connectivity index (χ1n) is 5.99. The molecule has 0 aliphatic carbocycles. The first kappa shape index (κ1) is 12.3. The molecule has 17 heavy (non-hydrogen) atoms. The number of aromatic nitrogens is 1. The summed E-state index contributed by atoms with van der Waals surface area (Å²) in [5.41, 5.74) is 9.60. The van der Waals surface area contributed by atoms with Gasteiger partial charge < -0.3 is 5.73 Å². The zero-order valence-corrected chi connectivity index (χ0v) is 11.1. The van der Waals surface area contributed by atoms with Crippen LogP contribution in [0.25, 0.3) is 11.3 Å². The van der Waals surface area contributed by atoms with Crippen LogP contribution in [-0.4, -0.2) is 4.98 Å². The zero-order chi connectivity index (χ0) is 12.3. The molecule has 0 radical (unpaired) electrons. The SMILES string of the molecule is CCCC(N)c1nc(-c2ccccc2C)cs1. The number of nitrogens with two attached hydrogens (primary N) is 1. The van der Waals surface area contributed by atoms with Crippen LogP contribution < -0.4 is 5.73 Å². The van der Waals surface area contributed by atoms with Crippen molar-refractivity contribution in [3.05, 3.63) is 40.2 Å². The molecule has 2 N–H and O–H groups in total. The highest BCUT2D eigenvalue weighted by molar-refractivity contribution is 7.10. The molecule has 1 atom stereocenters. The number of benzene rings is 1. The Morgan fingerprint density at radius 3 is 2.82 bits per heavy atom. The van der Waals surface area contributed by atoms with Crippen LogP contribution in [0.2, 0.25) is 0 Å². The Bertz CT molecular complexity index is 490. The molecule has 90 valence electrons. The van der Waals surface area contributed by atoms with Crippen molar-refractivity contribution in [1.82, 2.24) is 4.98 Å². The van der Waals surface area contributed by atoms with Crippen LogP contribution in [0, 0.1) is 6.92 Å². The molecule has 1 aromatic heterocycles. The van der Waals surface area contributed by atoms with Gasteiger partial charge in [-0.25, -0.2) is 4.98 Å². The van der Waals surface area contributed by atoms with E-state index in [1.165, 1.54) is 11.1 Å². The van der Waals surface area contributed by atoms with Crippen LogP contribution in [-0.2, 0) is 0 Å². The maximum absolute atomic E-state index is 6.08. The van der Waals surface area contributed by atoms with E-state index in [4.69, 9.17) is 5.73 Å². The van der Waals surface area contributed by atoms with Gasteiger partial charge in [-0.1, -0.05) is 37.6 Å². The summed E-state index contributed by atoms with van der Waals surface area (Å²) in [6.45, 7) is 4.26. The van der Waals surface area contributed by atoms with E-state index < -0.39 is 0 Å². The minimum atomic E-state index is 0.0859. The van der Waals surface area contributed by atoms with E-state index in [2.05, 4.69) is 42.4 Å². The average molecular weight is 246 g/mol. The largest absolute Gasteiger partial charge is 0.322 e. The van der Waals surface area contributed by atoms with Crippen LogP contribution in [0.15, 0.2) is 29.6 Å². The van der Waals surface area contributed by atoms with E-state index in [0.717, 1.165) is 23.5 Å². The second kappa shape index (κ2) is 5.43. The molecule has 2 nitrogen and oxygen atoms in total. The molecule has 0 amide bonds. The lowest BCUT2D eigenvalue weighted by Crippen LogP contribution is -2.09. The summed E-state index contributed by atoms with van der Waals surface area (Å²) in [7, 11) is 0. The van der Waals surface area contributed by atoms with Gasteiger partial charge >= 0.3 is 0 Å². The van der Waals surface area contributed by atoms with Gasteiger partial charge in [0.2, 0.25) is 0 Å². The maximum Gasteiger partial charge on any atom is 0.110 e. The van der Waals surface area contributed by atoms with E-state index in [1.807, 2.05) is 6.07 Å². The molecule has 1 unspecified atom stereocenters. The molecule has 0 saturated heterocycles. The van der Waals surface area contributed by atoms with Gasteiger partial charge in [0.05, 0.1) is 11.7 Å². The quantitative estimate of drug-likeness (QED) is 0.888. The second-order valence-electron chi connectivity index (χ2n) is 4.28. The van der Waals surface area contributed by atoms with Gasteiger partial charge in [-0.2, -0.15) is 0 Å². The molecule has 2 rings (SSSR count). The van der Waals surface area contributed by atoms with Gasteiger partial charge in [0, 0.05) is 10.9 Å². The predicted molar refractivity (Wildman–Crippen MR) is 74.1 cm³/mol. The number of hydrogen-bond acceptors (Lipinski definition) is 3. The van der Waals surface area contributed by atoms with E-state index in [9.17, 15) is 0 Å². The summed E-state index contributed by atoms with van der Waals surface area (Å²) in [4.78, 5) is 4.65. The summed E-state index contributed by atoms with van der Waals surface area (Å²) in [5, 5.41) is 3.15. The van der Waals surface area contributed by atoms with Crippen LogP contribution in [0.3, 0.4) is 0 Å². The van der Waals surface area contributed by atoms with Crippen molar-refractivity contribution < 1.29 is 0 Å². The first-order chi connectivity index (χ1) is 8.22. The minimum absolute atomic E-state index is 0.0859. The third-order valence-electron chi connectivity index (χ3n) is 2.86. The predicted octanol–water partition coefficient (Wildman–Crippen LogP) is 3.92. The van der Waals surface area contributed by atoms with Crippen molar-refractivity contribution in [2.75, 3.05) is 0 Å². The molecule has 0 aliphatic heterocycles. The molecule has 0 fully saturated rings. The summed E-state index contributed by atoms with van der Waals surface area (Å²) >= 11 is 1.67. The van der Waals surface area contributed by atoms with Crippen molar-refractivity contribution in [2.45, 2.75) is 32.7 Å². The van der Waals surface area contributed by atoms with Crippen molar-refractivity contribution in [1.29, 1.82) is 0 Å². The fraction of sp³-hybridized carbons (Fsp3) is 0.357. The van der Waals surface area contributed by atoms with Gasteiger partial charge in [-0.3, -0.25) is 0 Å². The molecule has 3 heteroatoms. The number of aryl methyl sites for hydroxylation is 1. The van der Waals surface area contributed by atoms with Crippen LogP contribution in [0.1, 0.15) is 36.4 Å². The monoisotopic (exact) mass is 246 g/mol. The lowest BCUT2D eigenvalue weighted by molar-refractivity contribution is 0.635. The molecule has 0 saturated carbocycles. The number of hydrogen-bond donors (Lipinski definition) is 1. The second-order valence-corrected chi connectivity index (χ2v) is 5.17. The molecule has 0 aliphatic rings. The summed E-state index contributed by atoms with van der Waals surface area (Å²) in [6, 6.07) is 8.41. The number of rotatable bonds is 4. The Labute approximate surface area is 107 Å². The molecule has 1 heterocycles. The Kier molecular flexibility index (Phi) is 3.92. The fourth-order valence-electron chi connectivity index (χ4n) is 1.88. The van der Waals surface area contributed by atoms with Gasteiger partial charge in [-0.15, -0.1) is 11.3 Å². The Morgan fingerprint density at radius 2 is 2.12 bits per heavy atom. The standard InChI is InChI=1S/C14H18N2S/c1-3-6-12(15)14-16-13(9-17-14)11-8-5-4-7-10(11)2/h4-5,7-9,12H,3,6,15H2,1-2H3. The van der Waals surface area contributed by atoms with Gasteiger partial charge in [0.15, 0.2) is 0 Å². The highest BCUT2D eigenvalue weighted by atomic mass is 32.1. The third kappa shape index (κ3) is 2.73. The van der Waals surface area contributed by atoms with Crippen molar-refractivity contribution in [3.8, 4) is 11.3 Å². The Morgan fingerprint density at radius 1 is 1.35 bits per heavy atom. The molecule has 2 aromatic rings. The lowest BCUT2D eigenvalue weighted by Gasteiger charge is -2.05. The van der Waals surface area contributed by atoms with Crippen molar-refractivity contribution >= 4 is 11.3 Å². The molecule has 0 spiro atoms. The normalized spacial score (nSPS) is 12.6. The summed E-state index contributed by atoms with van der Waals surface area (Å²) < 4.78 is 0. The zero-order valence-electron chi connectivity index (χ0n) is 10.3. The average Bonchev–Trinajstić information content (AvgIpc) is 2.79. The van der Waals surface area contributed by atoms with E-state index in [-0.39, 0.29) is 6.04 Å². The van der Waals surface area contributed by atoms with Crippen LogP contribution >= 0.6 is 11.3 Å². The minimum Gasteiger partial charge on any atom is -0.322 e. The summed E-state index contributed by atoms with van der Waals surface area (Å²) in [5.74, 6) is 0. The van der Waals surface area contributed by atoms with Crippen LogP contribution in [0.4, 0.5) is 0 Å². The van der Waals surface area contributed by atoms with Crippen LogP contribution in [0.5, 0.6) is 0 Å². The Balaban J connectivity index is 2.27. The third-order valence-corrected chi connectivity index (χ3v) is 3.84. The highest BCUT2D eigenvalue weighted by Gasteiger charge is 2.11. The Hall–Kier alpha value is -1.19. The molecular formula is C14H18N2S. The van der Waals surface area contributed by atoms with Crippen molar-refractivity contribution in [3.63, 3.8) is 0 Å². The number of nitrogens with zero attached hydrogens (tertiary/aromatic N) is 1. The summed E-state index contributed by atoms with van der Waals surface area (Å²) in [6.07, 6.45) is 2.10. The van der Waals surface area contributed by atoms with Gasteiger partial charge in [0.25, 0.3) is 0 Å².